The molecule has 0 aliphatic heterocycles. The van der Waals surface area contributed by atoms with E-state index in [2.05, 4.69) is 20.4 Å². The SMILES string of the molecule is Cc1cc(=O)[nH]c(S[C@H](C)C(=O)NCCCc2c(C)noc2C)n1. The number of thioether (sulfide) groups is 1. The molecular formula is C16H22N4O3S. The molecule has 0 aromatic carbocycles. The van der Waals surface area contributed by atoms with E-state index in [9.17, 15) is 9.59 Å². The van der Waals surface area contributed by atoms with E-state index in [4.69, 9.17) is 4.52 Å². The number of hydrogen-bond donors (Lipinski definition) is 2. The highest BCUT2D eigenvalue weighted by molar-refractivity contribution is 8.00. The molecule has 1 atom stereocenters. The third-order valence-corrected chi connectivity index (χ3v) is 4.57. The Bertz CT molecular complexity index is 749. The number of carbonyl (C=O) groups excluding carboxylic acids is 1. The van der Waals surface area contributed by atoms with Crippen LogP contribution in [0.2, 0.25) is 0 Å². The molecule has 2 N–H and O–H groups in total. The first kappa shape index (κ1) is 18.3. The summed E-state index contributed by atoms with van der Waals surface area (Å²) in [5, 5.41) is 6.94. The molecule has 0 saturated heterocycles. The maximum atomic E-state index is 12.1. The maximum absolute atomic E-state index is 12.1. The van der Waals surface area contributed by atoms with Gasteiger partial charge in [0.1, 0.15) is 5.76 Å². The average Bonchev–Trinajstić information content (AvgIpc) is 2.81. The topological polar surface area (TPSA) is 101 Å². The van der Waals surface area contributed by atoms with Crippen molar-refractivity contribution in [2.45, 2.75) is 50.9 Å². The molecule has 2 heterocycles. The van der Waals surface area contributed by atoms with Gasteiger partial charge < -0.3 is 14.8 Å². The van der Waals surface area contributed by atoms with Gasteiger partial charge in [0.05, 0.1) is 10.9 Å². The van der Waals surface area contributed by atoms with Crippen LogP contribution in [0.15, 0.2) is 20.5 Å². The van der Waals surface area contributed by atoms with Gasteiger partial charge in [-0.05, 0) is 40.5 Å². The van der Waals surface area contributed by atoms with Gasteiger partial charge in [0.25, 0.3) is 5.56 Å². The van der Waals surface area contributed by atoms with Gasteiger partial charge >= 0.3 is 0 Å². The molecule has 2 aromatic heterocycles. The van der Waals surface area contributed by atoms with Crippen molar-refractivity contribution in [2.75, 3.05) is 6.54 Å². The monoisotopic (exact) mass is 350 g/mol. The fourth-order valence-electron chi connectivity index (χ4n) is 2.31. The number of H-pyrrole nitrogens is 1. The number of aryl methyl sites for hydroxylation is 3. The fraction of sp³-hybridized carbons (Fsp3) is 0.500. The van der Waals surface area contributed by atoms with Gasteiger partial charge in [-0.1, -0.05) is 16.9 Å². The molecule has 2 rings (SSSR count). The fourth-order valence-corrected chi connectivity index (χ4v) is 3.19. The number of carbonyl (C=O) groups is 1. The Hall–Kier alpha value is -2.09. The molecule has 0 aliphatic rings. The zero-order valence-corrected chi connectivity index (χ0v) is 15.1. The molecule has 2 aromatic rings. The van der Waals surface area contributed by atoms with Crippen LogP contribution in [0.1, 0.15) is 36.1 Å². The lowest BCUT2D eigenvalue weighted by Gasteiger charge is -2.11. The molecule has 8 heteroatoms. The van der Waals surface area contributed by atoms with Crippen LogP contribution in [0.4, 0.5) is 0 Å². The lowest BCUT2D eigenvalue weighted by Crippen LogP contribution is -2.32. The van der Waals surface area contributed by atoms with Crippen molar-refractivity contribution in [3.05, 3.63) is 39.1 Å². The molecule has 7 nitrogen and oxygen atoms in total. The molecule has 0 aliphatic carbocycles. The van der Waals surface area contributed by atoms with Crippen LogP contribution in [-0.2, 0) is 11.2 Å². The minimum atomic E-state index is -0.339. The normalized spacial score (nSPS) is 12.2. The van der Waals surface area contributed by atoms with Crippen LogP contribution < -0.4 is 10.9 Å². The van der Waals surface area contributed by atoms with Gasteiger partial charge in [-0.3, -0.25) is 9.59 Å². The summed E-state index contributed by atoms with van der Waals surface area (Å²) in [5.41, 5.74) is 2.43. The summed E-state index contributed by atoms with van der Waals surface area (Å²) in [6.45, 7) is 7.92. The summed E-state index contributed by atoms with van der Waals surface area (Å²) < 4.78 is 5.12. The first-order valence-corrected chi connectivity index (χ1v) is 8.69. The third kappa shape index (κ3) is 4.95. The molecule has 0 fully saturated rings. The molecule has 0 spiro atoms. The molecule has 0 unspecified atom stereocenters. The van der Waals surface area contributed by atoms with Gasteiger partial charge in [-0.2, -0.15) is 0 Å². The summed E-state index contributed by atoms with van der Waals surface area (Å²) >= 11 is 1.24. The molecule has 0 saturated carbocycles. The Morgan fingerprint density at radius 1 is 1.42 bits per heavy atom. The Kier molecular flexibility index (Phi) is 6.19. The Morgan fingerprint density at radius 2 is 2.17 bits per heavy atom. The van der Waals surface area contributed by atoms with E-state index in [0.717, 1.165) is 29.9 Å². The first-order chi connectivity index (χ1) is 11.4. The largest absolute Gasteiger partial charge is 0.361 e. The number of hydrogen-bond acceptors (Lipinski definition) is 6. The second-order valence-electron chi connectivity index (χ2n) is 5.65. The van der Waals surface area contributed by atoms with Gasteiger partial charge in [-0.15, -0.1) is 0 Å². The minimum Gasteiger partial charge on any atom is -0.361 e. The number of amides is 1. The first-order valence-electron chi connectivity index (χ1n) is 7.81. The second-order valence-corrected chi connectivity index (χ2v) is 6.98. The van der Waals surface area contributed by atoms with Crippen molar-refractivity contribution in [1.29, 1.82) is 0 Å². The molecule has 1 amide bonds. The molecule has 130 valence electrons. The number of nitrogens with zero attached hydrogens (tertiary/aromatic N) is 2. The second kappa shape index (κ2) is 8.14. The predicted octanol–water partition coefficient (Wildman–Crippen LogP) is 1.91. The predicted molar refractivity (Wildman–Crippen MR) is 92.2 cm³/mol. The van der Waals surface area contributed by atoms with E-state index in [0.29, 0.717) is 17.4 Å². The van der Waals surface area contributed by atoms with Gasteiger partial charge in [-0.25, -0.2) is 4.98 Å². The number of aromatic amines is 1. The van der Waals surface area contributed by atoms with E-state index >= 15 is 0 Å². The highest BCUT2D eigenvalue weighted by atomic mass is 32.2. The van der Waals surface area contributed by atoms with E-state index in [1.807, 2.05) is 13.8 Å². The van der Waals surface area contributed by atoms with Crippen molar-refractivity contribution in [3.63, 3.8) is 0 Å². The third-order valence-electron chi connectivity index (χ3n) is 3.59. The zero-order valence-electron chi connectivity index (χ0n) is 14.3. The summed E-state index contributed by atoms with van der Waals surface area (Å²) in [6.07, 6.45) is 1.63. The van der Waals surface area contributed by atoms with Gasteiger partial charge in [0, 0.05) is 23.9 Å². The van der Waals surface area contributed by atoms with Crippen LogP contribution in [0.3, 0.4) is 0 Å². The number of nitrogens with one attached hydrogen (secondary N) is 2. The summed E-state index contributed by atoms with van der Waals surface area (Å²) in [5.74, 6) is 0.750. The van der Waals surface area contributed by atoms with Crippen LogP contribution >= 0.6 is 11.8 Å². The Balaban J connectivity index is 1.78. The van der Waals surface area contributed by atoms with E-state index < -0.39 is 0 Å². The van der Waals surface area contributed by atoms with E-state index in [1.54, 1.807) is 13.8 Å². The molecular weight excluding hydrogens is 328 g/mol. The van der Waals surface area contributed by atoms with Gasteiger partial charge in [0.2, 0.25) is 5.91 Å². The highest BCUT2D eigenvalue weighted by Gasteiger charge is 2.16. The molecule has 0 radical (unpaired) electrons. The van der Waals surface area contributed by atoms with Crippen molar-refractivity contribution < 1.29 is 9.32 Å². The number of rotatable bonds is 7. The quantitative estimate of drug-likeness (QED) is 0.449. The van der Waals surface area contributed by atoms with Crippen molar-refractivity contribution in [1.82, 2.24) is 20.4 Å². The van der Waals surface area contributed by atoms with Crippen molar-refractivity contribution in [3.8, 4) is 0 Å². The lowest BCUT2D eigenvalue weighted by atomic mass is 10.1. The summed E-state index contributed by atoms with van der Waals surface area (Å²) in [7, 11) is 0. The van der Waals surface area contributed by atoms with Gasteiger partial charge in [0.15, 0.2) is 5.16 Å². The van der Waals surface area contributed by atoms with Crippen molar-refractivity contribution in [2.24, 2.45) is 0 Å². The van der Waals surface area contributed by atoms with Crippen molar-refractivity contribution >= 4 is 17.7 Å². The summed E-state index contributed by atoms with van der Waals surface area (Å²) in [6, 6.07) is 1.42. The smallest absolute Gasteiger partial charge is 0.251 e. The van der Waals surface area contributed by atoms with E-state index in [1.165, 1.54) is 17.8 Å². The van der Waals surface area contributed by atoms with Crippen LogP contribution in [0.5, 0.6) is 0 Å². The molecule has 0 bridgehead atoms. The van der Waals surface area contributed by atoms with Crippen LogP contribution in [0, 0.1) is 20.8 Å². The van der Waals surface area contributed by atoms with Crippen LogP contribution in [-0.4, -0.2) is 32.8 Å². The highest BCUT2D eigenvalue weighted by Crippen LogP contribution is 2.18. The lowest BCUT2D eigenvalue weighted by molar-refractivity contribution is -0.120. The average molecular weight is 350 g/mol. The number of aromatic nitrogens is 3. The minimum absolute atomic E-state index is 0.0806. The Morgan fingerprint density at radius 3 is 2.79 bits per heavy atom. The molecule has 24 heavy (non-hydrogen) atoms. The standard InChI is InChI=1S/C16H22N4O3S/c1-9-8-14(21)19-16(18-9)24-12(4)15(22)17-7-5-6-13-10(2)20-23-11(13)3/h8,12H,5-7H2,1-4H3,(H,17,22)(H,18,19,21)/t12-/m1/s1. The maximum Gasteiger partial charge on any atom is 0.251 e. The Labute approximate surface area is 144 Å². The zero-order chi connectivity index (χ0) is 17.7. The van der Waals surface area contributed by atoms with Crippen LogP contribution in [0.25, 0.3) is 0 Å². The summed E-state index contributed by atoms with van der Waals surface area (Å²) in [4.78, 5) is 30.4. The van der Waals surface area contributed by atoms with E-state index in [-0.39, 0.29) is 16.7 Å².